The zero-order valence-electron chi connectivity index (χ0n) is 32.8. The number of anilines is 1. The van der Waals surface area contributed by atoms with Crippen molar-refractivity contribution in [3.05, 3.63) is 124 Å². The number of rotatable bonds is 15. The standard InChI is InChI=1S/C45H54N4O5S/c1-32-27-33(2)29-36(28-32)42-38(39-30-37(20-21-41(39)46-42)45(3,4)43(50)48-23-13-14-24-48)22-26-49(44(51)54-31-34-15-7-6-8-16-34)25-12-11-18-35-17-9-10-19-40(35)47-55(5,52)53/h6-10,15-17,19-21,27-30,46-47H,11-14,18,22-26,31H2,1-5H3. The number of aromatic amines is 1. The Morgan fingerprint density at radius 2 is 1.55 bits per heavy atom. The van der Waals surface area contributed by atoms with E-state index < -0.39 is 15.4 Å². The predicted molar refractivity (Wildman–Crippen MR) is 222 cm³/mol. The highest BCUT2D eigenvalue weighted by atomic mass is 32.2. The lowest BCUT2D eigenvalue weighted by Crippen LogP contribution is -2.41. The summed E-state index contributed by atoms with van der Waals surface area (Å²) >= 11 is 0. The number of H-pyrrole nitrogens is 1. The van der Waals surface area contributed by atoms with Crippen molar-refractivity contribution < 1.29 is 22.7 Å². The topological polar surface area (TPSA) is 112 Å². The minimum absolute atomic E-state index is 0.151. The minimum Gasteiger partial charge on any atom is -0.445 e. The van der Waals surface area contributed by atoms with Crippen LogP contribution < -0.4 is 4.72 Å². The number of likely N-dealkylation sites (tertiary alicyclic amines) is 1. The number of aryl methyl sites for hydroxylation is 3. The van der Waals surface area contributed by atoms with Crippen molar-refractivity contribution in [2.45, 2.75) is 78.2 Å². The quantitative estimate of drug-likeness (QED) is 0.104. The van der Waals surface area contributed by atoms with E-state index >= 15 is 0 Å². The molecule has 290 valence electrons. The highest BCUT2D eigenvalue weighted by molar-refractivity contribution is 7.92. The molecule has 0 unspecified atom stereocenters. The minimum atomic E-state index is -3.42. The van der Waals surface area contributed by atoms with E-state index in [0.717, 1.165) is 94.1 Å². The van der Waals surface area contributed by atoms with E-state index in [2.05, 4.69) is 60.0 Å². The summed E-state index contributed by atoms with van der Waals surface area (Å²) in [6.45, 7) is 10.9. The fourth-order valence-electron chi connectivity index (χ4n) is 7.71. The molecule has 0 radical (unpaired) electrons. The van der Waals surface area contributed by atoms with Gasteiger partial charge >= 0.3 is 6.09 Å². The van der Waals surface area contributed by atoms with Crippen molar-refractivity contribution >= 4 is 38.6 Å². The fourth-order valence-corrected chi connectivity index (χ4v) is 8.31. The Balaban J connectivity index is 1.28. The van der Waals surface area contributed by atoms with Crippen LogP contribution in [0, 0.1) is 13.8 Å². The number of nitrogens with zero attached hydrogens (tertiary/aromatic N) is 2. The lowest BCUT2D eigenvalue weighted by molar-refractivity contribution is -0.135. The van der Waals surface area contributed by atoms with Gasteiger partial charge in [0.25, 0.3) is 0 Å². The van der Waals surface area contributed by atoms with Crippen LogP contribution in [-0.2, 0) is 44.4 Å². The molecule has 10 heteroatoms. The summed E-state index contributed by atoms with van der Waals surface area (Å²) in [6, 6.07) is 29.9. The smallest absolute Gasteiger partial charge is 0.410 e. The van der Waals surface area contributed by atoms with E-state index in [0.29, 0.717) is 38.0 Å². The second-order valence-corrected chi connectivity index (χ2v) is 17.3. The summed E-state index contributed by atoms with van der Waals surface area (Å²) in [4.78, 5) is 35.1. The van der Waals surface area contributed by atoms with Crippen molar-refractivity contribution in [1.29, 1.82) is 0 Å². The Bertz CT molecular complexity index is 2220. The van der Waals surface area contributed by atoms with Gasteiger partial charge in [-0.25, -0.2) is 13.2 Å². The van der Waals surface area contributed by atoms with E-state index in [-0.39, 0.29) is 18.6 Å². The second-order valence-electron chi connectivity index (χ2n) is 15.5. The highest BCUT2D eigenvalue weighted by Gasteiger charge is 2.35. The number of nitrogens with one attached hydrogen (secondary N) is 2. The van der Waals surface area contributed by atoms with Crippen molar-refractivity contribution in [2.75, 3.05) is 37.2 Å². The molecule has 4 aromatic carbocycles. The number of sulfonamides is 1. The molecule has 0 saturated carbocycles. The molecular weight excluding hydrogens is 709 g/mol. The third-order valence-electron chi connectivity index (χ3n) is 10.6. The Kier molecular flexibility index (Phi) is 12.3. The maximum absolute atomic E-state index is 13.8. The average molecular weight is 763 g/mol. The third-order valence-corrected chi connectivity index (χ3v) is 11.2. The van der Waals surface area contributed by atoms with Crippen molar-refractivity contribution in [2.24, 2.45) is 0 Å². The van der Waals surface area contributed by atoms with Crippen LogP contribution in [-0.4, -0.2) is 67.6 Å². The highest BCUT2D eigenvalue weighted by Crippen LogP contribution is 2.36. The Morgan fingerprint density at radius 3 is 2.25 bits per heavy atom. The monoisotopic (exact) mass is 762 g/mol. The first kappa shape index (κ1) is 39.6. The third kappa shape index (κ3) is 9.97. The molecule has 0 aliphatic carbocycles. The molecule has 55 heavy (non-hydrogen) atoms. The molecule has 1 aromatic heterocycles. The predicted octanol–water partition coefficient (Wildman–Crippen LogP) is 8.93. The van der Waals surface area contributed by atoms with Gasteiger partial charge in [-0.05, 0) is 124 Å². The van der Waals surface area contributed by atoms with Crippen molar-refractivity contribution in [3.8, 4) is 11.3 Å². The summed E-state index contributed by atoms with van der Waals surface area (Å²) in [5.41, 5.74) is 9.16. The van der Waals surface area contributed by atoms with Gasteiger partial charge < -0.3 is 19.5 Å². The van der Waals surface area contributed by atoms with E-state index in [4.69, 9.17) is 4.74 Å². The maximum Gasteiger partial charge on any atom is 0.410 e. The summed E-state index contributed by atoms with van der Waals surface area (Å²) in [6.07, 6.45) is 5.51. The fraction of sp³-hybridized carbons (Fsp3) is 0.378. The summed E-state index contributed by atoms with van der Waals surface area (Å²) < 4.78 is 32.5. The number of hydrogen-bond donors (Lipinski definition) is 2. The van der Waals surface area contributed by atoms with Crippen LogP contribution in [0.4, 0.5) is 10.5 Å². The molecule has 1 aliphatic heterocycles. The normalized spacial score (nSPS) is 13.3. The van der Waals surface area contributed by atoms with Gasteiger partial charge in [0.15, 0.2) is 0 Å². The largest absolute Gasteiger partial charge is 0.445 e. The van der Waals surface area contributed by atoms with Gasteiger partial charge in [-0.3, -0.25) is 9.52 Å². The number of unbranched alkanes of at least 4 members (excludes halogenated alkanes) is 1. The van der Waals surface area contributed by atoms with E-state index in [1.165, 1.54) is 0 Å². The Morgan fingerprint density at radius 1 is 0.855 bits per heavy atom. The lowest BCUT2D eigenvalue weighted by Gasteiger charge is -2.29. The number of ether oxygens (including phenoxy) is 1. The van der Waals surface area contributed by atoms with Crippen molar-refractivity contribution in [1.82, 2.24) is 14.8 Å². The summed E-state index contributed by atoms with van der Waals surface area (Å²) in [5.74, 6) is 0.151. The molecule has 6 rings (SSSR count). The zero-order chi connectivity index (χ0) is 39.2. The van der Waals surface area contributed by atoms with Gasteiger partial charge in [0.2, 0.25) is 15.9 Å². The Hall–Kier alpha value is -5.09. The second kappa shape index (κ2) is 17.1. The molecule has 1 fully saturated rings. The zero-order valence-corrected chi connectivity index (χ0v) is 33.6. The van der Waals surface area contributed by atoms with Crippen LogP contribution in [0.25, 0.3) is 22.2 Å². The molecule has 0 bridgehead atoms. The number of para-hydroxylation sites is 1. The van der Waals surface area contributed by atoms with Crippen LogP contribution in [0.2, 0.25) is 0 Å². The van der Waals surface area contributed by atoms with Gasteiger partial charge in [-0.2, -0.15) is 0 Å². The van der Waals surface area contributed by atoms with Gasteiger partial charge in [0.05, 0.1) is 17.4 Å². The molecule has 5 aromatic rings. The summed E-state index contributed by atoms with van der Waals surface area (Å²) in [5, 5.41) is 1.04. The number of amides is 2. The number of hydrogen-bond acceptors (Lipinski definition) is 5. The van der Waals surface area contributed by atoms with E-state index in [9.17, 15) is 18.0 Å². The van der Waals surface area contributed by atoms with Gasteiger partial charge in [0, 0.05) is 42.8 Å². The SMILES string of the molecule is Cc1cc(C)cc(-c2[nH]c3ccc(C(C)(C)C(=O)N4CCCC4)cc3c2CCN(CCCCc2ccccc2NS(C)(=O)=O)C(=O)OCc2ccccc2)c1. The molecule has 2 N–H and O–H groups in total. The van der Waals surface area contributed by atoms with Gasteiger partial charge in [-0.1, -0.05) is 71.8 Å². The molecule has 2 heterocycles. The van der Waals surface area contributed by atoms with Gasteiger partial charge in [-0.15, -0.1) is 0 Å². The van der Waals surface area contributed by atoms with Crippen LogP contribution >= 0.6 is 0 Å². The van der Waals surface area contributed by atoms with E-state index in [1.54, 1.807) is 11.0 Å². The first-order chi connectivity index (χ1) is 26.3. The Labute approximate surface area is 326 Å². The van der Waals surface area contributed by atoms with Crippen LogP contribution in [0.3, 0.4) is 0 Å². The maximum atomic E-state index is 13.8. The number of aromatic nitrogens is 1. The lowest BCUT2D eigenvalue weighted by atomic mass is 9.82. The molecule has 0 atom stereocenters. The van der Waals surface area contributed by atoms with Gasteiger partial charge in [0.1, 0.15) is 6.61 Å². The number of carbonyl (C=O) groups excluding carboxylic acids is 2. The molecule has 1 saturated heterocycles. The number of benzene rings is 4. The number of fused-ring (bicyclic) bond motifs is 1. The molecular formula is C45H54N4O5S. The first-order valence-corrected chi connectivity index (χ1v) is 21.2. The summed E-state index contributed by atoms with van der Waals surface area (Å²) in [7, 11) is -3.42. The van der Waals surface area contributed by atoms with Crippen LogP contribution in [0.15, 0.2) is 91.0 Å². The number of carbonyl (C=O) groups is 2. The molecule has 2 amide bonds. The van der Waals surface area contributed by atoms with Crippen LogP contribution in [0.5, 0.6) is 0 Å². The van der Waals surface area contributed by atoms with Crippen molar-refractivity contribution in [3.63, 3.8) is 0 Å². The molecule has 1 aliphatic rings. The average Bonchev–Trinajstić information content (AvgIpc) is 3.82. The molecule has 0 spiro atoms. The first-order valence-electron chi connectivity index (χ1n) is 19.3. The van der Waals surface area contributed by atoms with E-state index in [1.807, 2.05) is 67.3 Å². The van der Waals surface area contributed by atoms with Crippen LogP contribution in [0.1, 0.15) is 72.9 Å². The molecule has 9 nitrogen and oxygen atoms in total.